The van der Waals surface area contributed by atoms with Gasteiger partial charge in [0, 0.05) is 25.3 Å². The monoisotopic (exact) mass is 300 g/mol. The molecule has 1 heterocycles. The molecule has 0 saturated heterocycles. The standard InChI is InChI=1S/C16H16N2O4/c1-12(13-5-3-6-14(11-13)18(20)21)17(2)16(19)9-8-15-7-4-10-22-15/h3-12H,1-2H3/b9-8+. The molecule has 0 aliphatic carbocycles. The first-order valence-electron chi connectivity index (χ1n) is 6.72. The first-order valence-corrected chi connectivity index (χ1v) is 6.72. The third-order valence-corrected chi connectivity index (χ3v) is 3.43. The molecule has 1 aromatic carbocycles. The highest BCUT2D eigenvalue weighted by Crippen LogP contribution is 2.23. The number of nitrogens with zero attached hydrogens (tertiary/aromatic N) is 2. The van der Waals surface area contributed by atoms with Crippen molar-refractivity contribution < 1.29 is 14.1 Å². The van der Waals surface area contributed by atoms with Crippen molar-refractivity contribution in [2.75, 3.05) is 7.05 Å². The number of rotatable bonds is 5. The maximum Gasteiger partial charge on any atom is 0.269 e. The van der Waals surface area contributed by atoms with Crippen molar-refractivity contribution in [3.05, 3.63) is 70.2 Å². The quantitative estimate of drug-likeness (QED) is 0.481. The van der Waals surface area contributed by atoms with Crippen LogP contribution in [-0.2, 0) is 4.79 Å². The summed E-state index contributed by atoms with van der Waals surface area (Å²) in [7, 11) is 1.65. The molecule has 2 rings (SSSR count). The van der Waals surface area contributed by atoms with Gasteiger partial charge in [0.2, 0.25) is 5.91 Å². The van der Waals surface area contributed by atoms with E-state index in [9.17, 15) is 14.9 Å². The Morgan fingerprint density at radius 2 is 2.14 bits per heavy atom. The molecule has 0 saturated carbocycles. The number of amides is 1. The van der Waals surface area contributed by atoms with Crippen molar-refractivity contribution in [2.24, 2.45) is 0 Å². The summed E-state index contributed by atoms with van der Waals surface area (Å²) in [6.07, 6.45) is 4.52. The van der Waals surface area contributed by atoms with Crippen LogP contribution in [0.3, 0.4) is 0 Å². The molecule has 0 bridgehead atoms. The average Bonchev–Trinajstić information content (AvgIpc) is 3.04. The molecule has 0 fully saturated rings. The summed E-state index contributed by atoms with van der Waals surface area (Å²) in [5.41, 5.74) is 0.716. The number of carbonyl (C=O) groups excluding carboxylic acids is 1. The maximum atomic E-state index is 12.1. The highest BCUT2D eigenvalue weighted by molar-refractivity contribution is 5.91. The summed E-state index contributed by atoms with van der Waals surface area (Å²) in [5, 5.41) is 10.8. The number of furan rings is 1. The van der Waals surface area contributed by atoms with E-state index in [0.29, 0.717) is 11.3 Å². The van der Waals surface area contributed by atoms with Crippen LogP contribution >= 0.6 is 0 Å². The molecule has 22 heavy (non-hydrogen) atoms. The van der Waals surface area contributed by atoms with Crippen LogP contribution in [0, 0.1) is 10.1 Å². The van der Waals surface area contributed by atoms with E-state index in [-0.39, 0.29) is 17.6 Å². The van der Waals surface area contributed by atoms with Crippen molar-refractivity contribution >= 4 is 17.7 Å². The molecule has 2 aromatic rings. The minimum Gasteiger partial charge on any atom is -0.465 e. The van der Waals surface area contributed by atoms with Crippen molar-refractivity contribution in [3.63, 3.8) is 0 Å². The Morgan fingerprint density at radius 3 is 2.77 bits per heavy atom. The summed E-state index contributed by atoms with van der Waals surface area (Å²) in [6.45, 7) is 1.82. The Labute approximate surface area is 127 Å². The van der Waals surface area contributed by atoms with E-state index < -0.39 is 4.92 Å². The second kappa shape index (κ2) is 6.71. The number of hydrogen-bond donors (Lipinski definition) is 0. The van der Waals surface area contributed by atoms with Gasteiger partial charge in [-0.15, -0.1) is 0 Å². The smallest absolute Gasteiger partial charge is 0.269 e. The van der Waals surface area contributed by atoms with Gasteiger partial charge in [-0.2, -0.15) is 0 Å². The molecule has 114 valence electrons. The summed E-state index contributed by atoms with van der Waals surface area (Å²) in [5.74, 6) is 0.375. The lowest BCUT2D eigenvalue weighted by Crippen LogP contribution is -2.28. The summed E-state index contributed by atoms with van der Waals surface area (Å²) < 4.78 is 5.12. The molecule has 1 atom stereocenters. The van der Waals surface area contributed by atoms with E-state index in [4.69, 9.17) is 4.42 Å². The van der Waals surface area contributed by atoms with Gasteiger partial charge in [-0.3, -0.25) is 14.9 Å². The normalized spacial score (nSPS) is 12.3. The van der Waals surface area contributed by atoms with E-state index in [2.05, 4.69) is 0 Å². The molecular formula is C16H16N2O4. The summed E-state index contributed by atoms with van der Waals surface area (Å²) >= 11 is 0. The van der Waals surface area contributed by atoms with Crippen LogP contribution in [-0.4, -0.2) is 22.8 Å². The van der Waals surface area contributed by atoms with Crippen molar-refractivity contribution in [2.45, 2.75) is 13.0 Å². The Balaban J connectivity index is 2.11. The summed E-state index contributed by atoms with van der Waals surface area (Å²) in [4.78, 5) is 24.0. The Morgan fingerprint density at radius 1 is 1.36 bits per heavy atom. The molecule has 0 radical (unpaired) electrons. The van der Waals surface area contributed by atoms with Gasteiger partial charge in [0.1, 0.15) is 5.76 Å². The molecule has 0 aliphatic rings. The van der Waals surface area contributed by atoms with Crippen LogP contribution in [0.25, 0.3) is 6.08 Å². The van der Waals surface area contributed by atoms with Crippen molar-refractivity contribution in [1.29, 1.82) is 0 Å². The summed E-state index contributed by atoms with van der Waals surface area (Å²) in [6, 6.07) is 9.47. The van der Waals surface area contributed by atoms with Crippen LogP contribution < -0.4 is 0 Å². The van der Waals surface area contributed by atoms with E-state index in [1.54, 1.807) is 37.4 Å². The zero-order valence-electron chi connectivity index (χ0n) is 12.3. The Hall–Kier alpha value is -2.89. The lowest BCUT2D eigenvalue weighted by Gasteiger charge is -2.24. The molecule has 6 heteroatoms. The Kier molecular flexibility index (Phi) is 4.73. The molecule has 1 aromatic heterocycles. The number of benzene rings is 1. The number of hydrogen-bond acceptors (Lipinski definition) is 4. The SMILES string of the molecule is CC(c1cccc([N+](=O)[O-])c1)N(C)C(=O)/C=C/c1ccco1. The maximum absolute atomic E-state index is 12.1. The van der Waals surface area contributed by atoms with Gasteiger partial charge < -0.3 is 9.32 Å². The first-order chi connectivity index (χ1) is 10.5. The fraction of sp³-hybridized carbons (Fsp3) is 0.188. The van der Waals surface area contributed by atoms with E-state index in [1.165, 1.54) is 29.4 Å². The van der Waals surface area contributed by atoms with Crippen LogP contribution in [0.5, 0.6) is 0 Å². The van der Waals surface area contributed by atoms with Gasteiger partial charge in [0.15, 0.2) is 0 Å². The second-order valence-corrected chi connectivity index (χ2v) is 4.83. The van der Waals surface area contributed by atoms with Crippen molar-refractivity contribution in [1.82, 2.24) is 4.90 Å². The van der Waals surface area contributed by atoms with Crippen LogP contribution in [0.2, 0.25) is 0 Å². The van der Waals surface area contributed by atoms with Crippen LogP contribution in [0.15, 0.2) is 53.2 Å². The van der Waals surface area contributed by atoms with Gasteiger partial charge in [-0.05, 0) is 30.7 Å². The van der Waals surface area contributed by atoms with Crippen molar-refractivity contribution in [3.8, 4) is 0 Å². The van der Waals surface area contributed by atoms with Gasteiger partial charge in [0.25, 0.3) is 5.69 Å². The highest BCUT2D eigenvalue weighted by Gasteiger charge is 2.17. The average molecular weight is 300 g/mol. The van der Waals surface area contributed by atoms with Gasteiger partial charge in [0.05, 0.1) is 17.2 Å². The minimum absolute atomic E-state index is 0.0105. The van der Waals surface area contributed by atoms with Gasteiger partial charge in [-0.25, -0.2) is 0 Å². The van der Waals surface area contributed by atoms with E-state index in [1.807, 2.05) is 6.92 Å². The lowest BCUT2D eigenvalue weighted by molar-refractivity contribution is -0.384. The van der Waals surface area contributed by atoms with Crippen LogP contribution in [0.4, 0.5) is 5.69 Å². The number of carbonyl (C=O) groups is 1. The second-order valence-electron chi connectivity index (χ2n) is 4.83. The molecule has 0 spiro atoms. The van der Waals surface area contributed by atoms with Crippen LogP contribution in [0.1, 0.15) is 24.3 Å². The van der Waals surface area contributed by atoms with Gasteiger partial charge >= 0.3 is 0 Å². The number of non-ortho nitro benzene ring substituents is 1. The molecule has 1 unspecified atom stereocenters. The molecular weight excluding hydrogens is 284 g/mol. The fourth-order valence-corrected chi connectivity index (χ4v) is 1.97. The van der Waals surface area contributed by atoms with Gasteiger partial charge in [-0.1, -0.05) is 12.1 Å². The third kappa shape index (κ3) is 3.60. The predicted octanol–water partition coefficient (Wildman–Crippen LogP) is 3.42. The molecule has 0 N–H and O–H groups in total. The zero-order chi connectivity index (χ0) is 16.1. The number of nitro benzene ring substituents is 1. The fourth-order valence-electron chi connectivity index (χ4n) is 1.97. The Bertz CT molecular complexity index is 692. The lowest BCUT2D eigenvalue weighted by atomic mass is 10.1. The van der Waals surface area contributed by atoms with E-state index >= 15 is 0 Å². The third-order valence-electron chi connectivity index (χ3n) is 3.43. The minimum atomic E-state index is -0.450. The first kappa shape index (κ1) is 15.5. The molecule has 6 nitrogen and oxygen atoms in total. The molecule has 0 aliphatic heterocycles. The number of nitro groups is 1. The largest absolute Gasteiger partial charge is 0.465 e. The molecule has 1 amide bonds. The predicted molar refractivity (Wildman–Crippen MR) is 82.0 cm³/mol. The zero-order valence-corrected chi connectivity index (χ0v) is 12.3. The topological polar surface area (TPSA) is 76.6 Å². The number of likely N-dealkylation sites (N-methyl/N-ethyl adjacent to an activating group) is 1. The highest BCUT2D eigenvalue weighted by atomic mass is 16.6. The van der Waals surface area contributed by atoms with E-state index in [0.717, 1.165) is 0 Å².